The van der Waals surface area contributed by atoms with Gasteiger partial charge in [0.2, 0.25) is 0 Å². The number of aromatic hydroxyl groups is 1. The SMILES string of the molecule is O=C(O)Cc1cnc2cc(O)ccc2c1. The van der Waals surface area contributed by atoms with E-state index in [0.717, 1.165) is 5.39 Å². The Labute approximate surface area is 85.8 Å². The zero-order valence-corrected chi connectivity index (χ0v) is 7.84. The fraction of sp³-hybridized carbons (Fsp3) is 0.0909. The Bertz CT molecular complexity index is 522. The molecule has 4 heteroatoms. The van der Waals surface area contributed by atoms with Crippen molar-refractivity contribution in [2.24, 2.45) is 0 Å². The van der Waals surface area contributed by atoms with Crippen LogP contribution in [-0.2, 0) is 11.2 Å². The average Bonchev–Trinajstić information content (AvgIpc) is 2.17. The summed E-state index contributed by atoms with van der Waals surface area (Å²) in [5.74, 6) is -0.726. The summed E-state index contributed by atoms with van der Waals surface area (Å²) < 4.78 is 0. The topological polar surface area (TPSA) is 70.4 Å². The first-order valence-electron chi connectivity index (χ1n) is 4.44. The average molecular weight is 203 g/mol. The molecule has 0 spiro atoms. The molecule has 0 aliphatic heterocycles. The van der Waals surface area contributed by atoms with E-state index in [1.54, 1.807) is 24.3 Å². The summed E-state index contributed by atoms with van der Waals surface area (Å²) in [5, 5.41) is 18.7. The third-order valence-corrected chi connectivity index (χ3v) is 2.08. The normalized spacial score (nSPS) is 10.4. The molecule has 0 bridgehead atoms. The number of carboxylic acids is 1. The van der Waals surface area contributed by atoms with Crippen LogP contribution in [0.4, 0.5) is 0 Å². The number of pyridine rings is 1. The van der Waals surface area contributed by atoms with Gasteiger partial charge in [0.15, 0.2) is 0 Å². The van der Waals surface area contributed by atoms with Crippen LogP contribution in [0.5, 0.6) is 5.75 Å². The van der Waals surface area contributed by atoms with Crippen LogP contribution >= 0.6 is 0 Å². The highest BCUT2D eigenvalue weighted by atomic mass is 16.4. The summed E-state index contributed by atoms with van der Waals surface area (Å²) in [6.07, 6.45) is 1.47. The molecule has 0 saturated heterocycles. The molecule has 0 radical (unpaired) electrons. The van der Waals surface area contributed by atoms with E-state index < -0.39 is 5.97 Å². The van der Waals surface area contributed by atoms with Crippen LogP contribution in [-0.4, -0.2) is 21.2 Å². The number of rotatable bonds is 2. The van der Waals surface area contributed by atoms with Gasteiger partial charge in [-0.3, -0.25) is 9.78 Å². The van der Waals surface area contributed by atoms with Crippen LogP contribution in [0.1, 0.15) is 5.56 Å². The second-order valence-corrected chi connectivity index (χ2v) is 3.29. The summed E-state index contributed by atoms with van der Waals surface area (Å²) in [7, 11) is 0. The molecule has 76 valence electrons. The maximum absolute atomic E-state index is 10.5. The molecule has 0 saturated carbocycles. The molecule has 0 atom stereocenters. The third kappa shape index (κ3) is 2.04. The number of aliphatic carboxylic acids is 1. The minimum atomic E-state index is -0.880. The van der Waals surface area contributed by atoms with Gasteiger partial charge in [-0.2, -0.15) is 0 Å². The molecule has 0 fully saturated rings. The van der Waals surface area contributed by atoms with Crippen LogP contribution < -0.4 is 0 Å². The predicted molar refractivity (Wildman–Crippen MR) is 54.7 cm³/mol. The standard InChI is InChI=1S/C11H9NO3/c13-9-2-1-8-3-7(4-11(14)15)6-12-10(8)5-9/h1-3,5-6,13H,4H2,(H,14,15). The summed E-state index contributed by atoms with van der Waals surface area (Å²) >= 11 is 0. The molecule has 1 heterocycles. The fourth-order valence-electron chi connectivity index (χ4n) is 1.43. The van der Waals surface area contributed by atoms with Crippen molar-refractivity contribution in [3.05, 3.63) is 36.0 Å². The highest BCUT2D eigenvalue weighted by Crippen LogP contribution is 2.18. The second kappa shape index (κ2) is 3.57. The molecule has 15 heavy (non-hydrogen) atoms. The lowest BCUT2D eigenvalue weighted by atomic mass is 10.1. The van der Waals surface area contributed by atoms with E-state index >= 15 is 0 Å². The first-order valence-corrected chi connectivity index (χ1v) is 4.44. The van der Waals surface area contributed by atoms with Crippen molar-refractivity contribution in [1.82, 2.24) is 4.98 Å². The number of carbonyl (C=O) groups is 1. The Hall–Kier alpha value is -2.10. The van der Waals surface area contributed by atoms with E-state index in [0.29, 0.717) is 11.1 Å². The number of fused-ring (bicyclic) bond motifs is 1. The molecule has 0 aliphatic rings. The molecule has 2 rings (SSSR count). The van der Waals surface area contributed by atoms with Gasteiger partial charge in [-0.25, -0.2) is 0 Å². The largest absolute Gasteiger partial charge is 0.508 e. The van der Waals surface area contributed by atoms with Gasteiger partial charge in [-0.05, 0) is 23.8 Å². The third-order valence-electron chi connectivity index (χ3n) is 2.08. The number of phenols is 1. The van der Waals surface area contributed by atoms with E-state index in [9.17, 15) is 9.90 Å². The van der Waals surface area contributed by atoms with E-state index in [1.165, 1.54) is 6.20 Å². The van der Waals surface area contributed by atoms with Gasteiger partial charge in [0.05, 0.1) is 11.9 Å². The fourth-order valence-corrected chi connectivity index (χ4v) is 1.43. The summed E-state index contributed by atoms with van der Waals surface area (Å²) in [4.78, 5) is 14.6. The molecular formula is C11H9NO3. The van der Waals surface area contributed by atoms with Crippen LogP contribution in [0.15, 0.2) is 30.5 Å². The lowest BCUT2D eigenvalue weighted by Gasteiger charge is -2.00. The van der Waals surface area contributed by atoms with E-state index in [1.807, 2.05) is 0 Å². The molecule has 0 aliphatic carbocycles. The van der Waals surface area contributed by atoms with E-state index in [4.69, 9.17) is 5.11 Å². The van der Waals surface area contributed by atoms with Crippen LogP contribution in [0.2, 0.25) is 0 Å². The molecule has 0 unspecified atom stereocenters. The number of hydrogen-bond donors (Lipinski definition) is 2. The summed E-state index contributed by atoms with van der Waals surface area (Å²) in [6, 6.07) is 6.56. The molecule has 0 amide bonds. The highest BCUT2D eigenvalue weighted by Gasteiger charge is 2.03. The van der Waals surface area contributed by atoms with Crippen molar-refractivity contribution in [2.75, 3.05) is 0 Å². The van der Waals surface area contributed by atoms with Gasteiger partial charge < -0.3 is 10.2 Å². The number of nitrogens with zero attached hydrogens (tertiary/aromatic N) is 1. The Kier molecular flexibility index (Phi) is 2.25. The maximum atomic E-state index is 10.5. The highest BCUT2D eigenvalue weighted by molar-refractivity contribution is 5.81. The van der Waals surface area contributed by atoms with Gasteiger partial charge in [-0.1, -0.05) is 0 Å². The molecular weight excluding hydrogens is 194 g/mol. The molecule has 2 N–H and O–H groups in total. The minimum absolute atomic E-state index is 0.0379. The van der Waals surface area contributed by atoms with Crippen molar-refractivity contribution < 1.29 is 15.0 Å². The minimum Gasteiger partial charge on any atom is -0.508 e. The maximum Gasteiger partial charge on any atom is 0.307 e. The van der Waals surface area contributed by atoms with E-state index in [2.05, 4.69) is 4.98 Å². The Morgan fingerprint density at radius 1 is 1.33 bits per heavy atom. The van der Waals surface area contributed by atoms with Gasteiger partial charge in [-0.15, -0.1) is 0 Å². The zero-order chi connectivity index (χ0) is 10.8. The van der Waals surface area contributed by atoms with Crippen molar-refractivity contribution in [3.63, 3.8) is 0 Å². The van der Waals surface area contributed by atoms with Crippen LogP contribution in [0.3, 0.4) is 0 Å². The van der Waals surface area contributed by atoms with Gasteiger partial charge in [0.1, 0.15) is 5.75 Å². The number of hydrogen-bond acceptors (Lipinski definition) is 3. The lowest BCUT2D eigenvalue weighted by molar-refractivity contribution is -0.136. The van der Waals surface area contributed by atoms with E-state index in [-0.39, 0.29) is 12.2 Å². The van der Waals surface area contributed by atoms with Crippen molar-refractivity contribution >= 4 is 16.9 Å². The van der Waals surface area contributed by atoms with Gasteiger partial charge in [0, 0.05) is 17.6 Å². The number of benzene rings is 1. The van der Waals surface area contributed by atoms with Crippen LogP contribution in [0, 0.1) is 0 Å². The smallest absolute Gasteiger partial charge is 0.307 e. The lowest BCUT2D eigenvalue weighted by Crippen LogP contribution is -2.00. The number of aromatic nitrogens is 1. The predicted octanol–water partition coefficient (Wildman–Crippen LogP) is 1.57. The van der Waals surface area contributed by atoms with Crippen molar-refractivity contribution in [1.29, 1.82) is 0 Å². The first kappa shape index (κ1) is 9.45. The number of phenolic OH excluding ortho intramolecular Hbond substituents is 1. The monoisotopic (exact) mass is 203 g/mol. The summed E-state index contributed by atoms with van der Waals surface area (Å²) in [5.41, 5.74) is 1.31. The Balaban J connectivity index is 2.47. The molecule has 4 nitrogen and oxygen atoms in total. The zero-order valence-electron chi connectivity index (χ0n) is 7.84. The van der Waals surface area contributed by atoms with Gasteiger partial charge >= 0.3 is 5.97 Å². The first-order chi connectivity index (χ1) is 7.15. The van der Waals surface area contributed by atoms with Crippen molar-refractivity contribution in [3.8, 4) is 5.75 Å². The Morgan fingerprint density at radius 3 is 2.87 bits per heavy atom. The second-order valence-electron chi connectivity index (χ2n) is 3.29. The molecule has 1 aromatic heterocycles. The van der Waals surface area contributed by atoms with Crippen LogP contribution in [0.25, 0.3) is 10.9 Å². The number of carboxylic acid groups (broad SMARTS) is 1. The van der Waals surface area contributed by atoms with Gasteiger partial charge in [0.25, 0.3) is 0 Å². The quantitative estimate of drug-likeness (QED) is 0.777. The Morgan fingerprint density at radius 2 is 2.13 bits per heavy atom. The van der Waals surface area contributed by atoms with Crippen molar-refractivity contribution in [2.45, 2.75) is 6.42 Å². The molecule has 2 aromatic rings. The molecule has 1 aromatic carbocycles. The summed E-state index contributed by atoms with van der Waals surface area (Å²) in [6.45, 7) is 0.